The summed E-state index contributed by atoms with van der Waals surface area (Å²) in [6, 6.07) is 14.9. The molecule has 0 saturated carbocycles. The van der Waals surface area contributed by atoms with Gasteiger partial charge in [0.15, 0.2) is 5.13 Å². The Hall–Kier alpha value is -2.86. The minimum absolute atomic E-state index is 0.194. The topological polar surface area (TPSA) is 77.2 Å². The van der Waals surface area contributed by atoms with Crippen molar-refractivity contribution in [1.82, 2.24) is 4.98 Å². The summed E-state index contributed by atoms with van der Waals surface area (Å²) in [6.45, 7) is 2.00. The third-order valence-corrected chi connectivity index (χ3v) is 4.58. The number of carbonyl (C=O) groups excluding carboxylic acids is 1. The minimum Gasteiger partial charge on any atom is -0.496 e. The number of ether oxygens (including phenoxy) is 1. The van der Waals surface area contributed by atoms with Crippen LogP contribution in [0, 0.1) is 6.92 Å². The molecular formula is C18H17N3O2S. The lowest BCUT2D eigenvalue weighted by Crippen LogP contribution is -2.04. The standard InChI is InChI=1S/C18H17N3O2S/c1-11-7-3-5-9-13(11)20-18-21-17(19)16(24-18)15(22)12-8-4-6-10-14(12)23-2/h3-10H,19H2,1-2H3,(H,20,21). The van der Waals surface area contributed by atoms with Gasteiger partial charge in [-0.3, -0.25) is 4.79 Å². The summed E-state index contributed by atoms with van der Waals surface area (Å²) >= 11 is 1.23. The third-order valence-electron chi connectivity index (χ3n) is 3.60. The molecule has 2 aromatic carbocycles. The van der Waals surface area contributed by atoms with Gasteiger partial charge in [0.05, 0.1) is 12.7 Å². The normalized spacial score (nSPS) is 10.4. The Morgan fingerprint density at radius 3 is 2.62 bits per heavy atom. The van der Waals surface area contributed by atoms with E-state index in [9.17, 15) is 4.79 Å². The number of aryl methyl sites for hydroxylation is 1. The van der Waals surface area contributed by atoms with Crippen LogP contribution in [-0.2, 0) is 0 Å². The quantitative estimate of drug-likeness (QED) is 0.687. The average Bonchev–Trinajstić information content (AvgIpc) is 2.96. The van der Waals surface area contributed by atoms with Crippen LogP contribution in [0.15, 0.2) is 48.5 Å². The number of methoxy groups -OCH3 is 1. The van der Waals surface area contributed by atoms with Crippen molar-refractivity contribution >= 4 is 33.8 Å². The number of hydrogen-bond donors (Lipinski definition) is 2. The van der Waals surface area contributed by atoms with Crippen molar-refractivity contribution in [2.24, 2.45) is 0 Å². The zero-order valence-corrected chi connectivity index (χ0v) is 14.2. The molecule has 0 fully saturated rings. The van der Waals surface area contributed by atoms with Crippen LogP contribution in [0.2, 0.25) is 0 Å². The number of aromatic nitrogens is 1. The monoisotopic (exact) mass is 339 g/mol. The summed E-state index contributed by atoms with van der Waals surface area (Å²) in [5.74, 6) is 0.538. The maximum Gasteiger partial charge on any atom is 0.210 e. The molecule has 3 N–H and O–H groups in total. The Kier molecular flexibility index (Phi) is 4.48. The van der Waals surface area contributed by atoms with Crippen molar-refractivity contribution < 1.29 is 9.53 Å². The van der Waals surface area contributed by atoms with Gasteiger partial charge in [-0.15, -0.1) is 0 Å². The van der Waals surface area contributed by atoms with Crippen molar-refractivity contribution in [3.05, 3.63) is 64.5 Å². The number of nitrogens with one attached hydrogen (secondary N) is 1. The lowest BCUT2D eigenvalue weighted by molar-refractivity contribution is 0.104. The van der Waals surface area contributed by atoms with Gasteiger partial charge >= 0.3 is 0 Å². The molecule has 0 radical (unpaired) electrons. The van der Waals surface area contributed by atoms with E-state index in [0.29, 0.717) is 21.3 Å². The maximum atomic E-state index is 12.8. The molecule has 3 aromatic rings. The van der Waals surface area contributed by atoms with Crippen molar-refractivity contribution in [2.45, 2.75) is 6.92 Å². The first kappa shape index (κ1) is 16.0. The van der Waals surface area contributed by atoms with Gasteiger partial charge in [-0.25, -0.2) is 4.98 Å². The summed E-state index contributed by atoms with van der Waals surface area (Å²) in [5.41, 5.74) is 8.45. The molecule has 0 aliphatic carbocycles. The average molecular weight is 339 g/mol. The number of hydrogen-bond acceptors (Lipinski definition) is 6. The molecule has 5 nitrogen and oxygen atoms in total. The van der Waals surface area contributed by atoms with Gasteiger partial charge in [0.1, 0.15) is 16.4 Å². The molecule has 0 amide bonds. The Bertz CT molecular complexity index is 889. The Morgan fingerprint density at radius 1 is 1.17 bits per heavy atom. The van der Waals surface area contributed by atoms with Crippen LogP contribution < -0.4 is 15.8 Å². The third kappa shape index (κ3) is 3.09. The predicted molar refractivity (Wildman–Crippen MR) is 97.4 cm³/mol. The Balaban J connectivity index is 1.92. The Labute approximate surface area is 144 Å². The van der Waals surface area contributed by atoms with Gasteiger partial charge < -0.3 is 15.8 Å². The molecule has 0 saturated heterocycles. The van der Waals surface area contributed by atoms with Gasteiger partial charge in [0, 0.05) is 5.69 Å². The van der Waals surface area contributed by atoms with Gasteiger partial charge in [-0.1, -0.05) is 41.7 Å². The Morgan fingerprint density at radius 2 is 1.88 bits per heavy atom. The molecule has 122 valence electrons. The SMILES string of the molecule is COc1ccccc1C(=O)c1sc(Nc2ccccc2C)nc1N. The predicted octanol–water partition coefficient (Wildman–Crippen LogP) is 4.02. The van der Waals surface area contributed by atoms with Gasteiger partial charge in [0.2, 0.25) is 5.78 Å². The highest BCUT2D eigenvalue weighted by Gasteiger charge is 2.21. The molecule has 6 heteroatoms. The maximum absolute atomic E-state index is 12.8. The van der Waals surface area contributed by atoms with Crippen molar-refractivity contribution in [1.29, 1.82) is 0 Å². The summed E-state index contributed by atoms with van der Waals surface area (Å²) in [6.07, 6.45) is 0. The molecule has 0 aliphatic heterocycles. The summed E-state index contributed by atoms with van der Waals surface area (Å²) in [7, 11) is 1.54. The van der Waals surface area contributed by atoms with Crippen LogP contribution in [-0.4, -0.2) is 17.9 Å². The number of nitrogen functional groups attached to an aromatic ring is 1. The largest absolute Gasteiger partial charge is 0.496 e. The molecule has 1 aromatic heterocycles. The van der Waals surface area contributed by atoms with E-state index in [4.69, 9.17) is 10.5 Å². The minimum atomic E-state index is -0.194. The number of anilines is 3. The van der Waals surface area contributed by atoms with Gasteiger partial charge in [-0.05, 0) is 30.7 Å². The van der Waals surface area contributed by atoms with E-state index < -0.39 is 0 Å². The molecule has 0 spiro atoms. The number of benzene rings is 2. The van der Waals surface area contributed by atoms with Crippen molar-refractivity contribution in [2.75, 3.05) is 18.2 Å². The first-order valence-corrected chi connectivity index (χ1v) is 8.18. The first-order valence-electron chi connectivity index (χ1n) is 7.37. The second-order valence-electron chi connectivity index (χ2n) is 5.20. The first-order chi connectivity index (χ1) is 11.6. The number of rotatable bonds is 5. The summed E-state index contributed by atoms with van der Waals surface area (Å²) in [4.78, 5) is 17.4. The van der Waals surface area contributed by atoms with E-state index in [0.717, 1.165) is 11.3 Å². The molecule has 0 aliphatic rings. The zero-order chi connectivity index (χ0) is 17.1. The molecule has 0 atom stereocenters. The van der Waals surface area contributed by atoms with Crippen LogP contribution >= 0.6 is 11.3 Å². The lowest BCUT2D eigenvalue weighted by Gasteiger charge is -2.06. The highest BCUT2D eigenvalue weighted by molar-refractivity contribution is 7.18. The van der Waals surface area contributed by atoms with Crippen LogP contribution in [0.1, 0.15) is 20.8 Å². The highest BCUT2D eigenvalue weighted by atomic mass is 32.1. The zero-order valence-electron chi connectivity index (χ0n) is 13.4. The van der Waals surface area contributed by atoms with E-state index in [-0.39, 0.29) is 11.6 Å². The smallest absolute Gasteiger partial charge is 0.210 e. The van der Waals surface area contributed by atoms with E-state index in [1.54, 1.807) is 18.2 Å². The van der Waals surface area contributed by atoms with Crippen LogP contribution in [0.5, 0.6) is 5.75 Å². The number of ketones is 1. The number of carbonyl (C=O) groups is 1. The van der Waals surface area contributed by atoms with E-state index in [1.807, 2.05) is 37.3 Å². The van der Waals surface area contributed by atoms with Crippen LogP contribution in [0.3, 0.4) is 0 Å². The number of nitrogens with two attached hydrogens (primary N) is 1. The molecule has 0 bridgehead atoms. The molecule has 1 heterocycles. The molecule has 0 unspecified atom stereocenters. The van der Waals surface area contributed by atoms with Gasteiger partial charge in [0.25, 0.3) is 0 Å². The number of para-hydroxylation sites is 2. The van der Waals surface area contributed by atoms with Crippen LogP contribution in [0.25, 0.3) is 0 Å². The second kappa shape index (κ2) is 6.72. The fourth-order valence-electron chi connectivity index (χ4n) is 2.33. The number of thiazole rings is 1. The lowest BCUT2D eigenvalue weighted by atomic mass is 10.1. The van der Waals surface area contributed by atoms with E-state index in [1.165, 1.54) is 18.4 Å². The van der Waals surface area contributed by atoms with Crippen molar-refractivity contribution in [3.8, 4) is 5.75 Å². The number of nitrogens with zero attached hydrogens (tertiary/aromatic N) is 1. The van der Waals surface area contributed by atoms with E-state index in [2.05, 4.69) is 10.3 Å². The highest BCUT2D eigenvalue weighted by Crippen LogP contribution is 2.32. The molecule has 3 rings (SSSR count). The van der Waals surface area contributed by atoms with Gasteiger partial charge in [-0.2, -0.15) is 0 Å². The summed E-state index contributed by atoms with van der Waals surface area (Å²) < 4.78 is 5.25. The second-order valence-corrected chi connectivity index (χ2v) is 6.20. The van der Waals surface area contributed by atoms with Crippen LogP contribution in [0.4, 0.5) is 16.6 Å². The van der Waals surface area contributed by atoms with E-state index >= 15 is 0 Å². The molecular weight excluding hydrogens is 322 g/mol. The molecule has 24 heavy (non-hydrogen) atoms. The summed E-state index contributed by atoms with van der Waals surface area (Å²) in [5, 5.41) is 3.80. The van der Waals surface area contributed by atoms with Crippen molar-refractivity contribution in [3.63, 3.8) is 0 Å². The fraction of sp³-hybridized carbons (Fsp3) is 0.111. The fourth-order valence-corrected chi connectivity index (χ4v) is 3.18.